The molecule has 1 aromatic rings. The van der Waals surface area contributed by atoms with Gasteiger partial charge in [-0.05, 0) is 37.2 Å². The van der Waals surface area contributed by atoms with E-state index in [0.717, 1.165) is 17.3 Å². The molecule has 2 rings (SSSR count). The van der Waals surface area contributed by atoms with Crippen LogP contribution in [0.25, 0.3) is 0 Å². The summed E-state index contributed by atoms with van der Waals surface area (Å²) in [5.74, 6) is 0.725. The van der Waals surface area contributed by atoms with Gasteiger partial charge >= 0.3 is 5.97 Å². The van der Waals surface area contributed by atoms with E-state index in [4.69, 9.17) is 5.11 Å². The molecule has 2 N–H and O–H groups in total. The fourth-order valence-electron chi connectivity index (χ4n) is 2.79. The van der Waals surface area contributed by atoms with Crippen LogP contribution in [0.15, 0.2) is 11.4 Å². The molecule has 1 fully saturated rings. The predicted octanol–water partition coefficient (Wildman–Crippen LogP) is 3.36. The highest BCUT2D eigenvalue weighted by Crippen LogP contribution is 2.29. The third kappa shape index (κ3) is 3.33. The van der Waals surface area contributed by atoms with E-state index in [2.05, 4.69) is 19.2 Å². The fraction of sp³-hybridized carbons (Fsp3) is 0.643. The summed E-state index contributed by atoms with van der Waals surface area (Å²) in [6, 6.07) is 2.35. The summed E-state index contributed by atoms with van der Waals surface area (Å²) in [4.78, 5) is 11.9. The van der Waals surface area contributed by atoms with Gasteiger partial charge in [0.15, 0.2) is 0 Å². The van der Waals surface area contributed by atoms with Crippen molar-refractivity contribution < 1.29 is 9.90 Å². The molecule has 0 aliphatic heterocycles. The lowest BCUT2D eigenvalue weighted by Crippen LogP contribution is -2.38. The van der Waals surface area contributed by atoms with Crippen molar-refractivity contribution in [2.75, 3.05) is 0 Å². The van der Waals surface area contributed by atoms with Crippen molar-refractivity contribution in [3.05, 3.63) is 21.9 Å². The van der Waals surface area contributed by atoms with E-state index >= 15 is 0 Å². The van der Waals surface area contributed by atoms with E-state index in [1.165, 1.54) is 30.6 Å². The first-order chi connectivity index (χ1) is 8.56. The number of nitrogens with one attached hydrogen (secondary N) is 1. The summed E-state index contributed by atoms with van der Waals surface area (Å²) in [5.41, 5.74) is 0.405. The van der Waals surface area contributed by atoms with E-state index in [-0.39, 0.29) is 0 Å². The Balaban J connectivity index is 1.85. The van der Waals surface area contributed by atoms with Crippen LogP contribution in [0, 0.1) is 11.8 Å². The zero-order valence-electron chi connectivity index (χ0n) is 11.0. The first-order valence-electron chi connectivity index (χ1n) is 6.60. The van der Waals surface area contributed by atoms with Crippen LogP contribution >= 0.6 is 11.3 Å². The maximum Gasteiger partial charge on any atom is 0.336 e. The van der Waals surface area contributed by atoms with Crippen molar-refractivity contribution in [3.63, 3.8) is 0 Å². The third-order valence-corrected chi connectivity index (χ3v) is 4.81. The normalized spacial score (nSPS) is 28.2. The van der Waals surface area contributed by atoms with Crippen molar-refractivity contribution in [1.29, 1.82) is 0 Å². The Morgan fingerprint density at radius 2 is 2.28 bits per heavy atom. The van der Waals surface area contributed by atoms with E-state index < -0.39 is 5.97 Å². The molecule has 1 aromatic heterocycles. The van der Waals surface area contributed by atoms with Crippen molar-refractivity contribution in [2.45, 2.75) is 45.7 Å². The van der Waals surface area contributed by atoms with Gasteiger partial charge in [0.05, 0.1) is 5.56 Å². The number of carboxylic acid groups (broad SMARTS) is 1. The number of thiophene rings is 1. The number of rotatable bonds is 4. The van der Waals surface area contributed by atoms with Crippen molar-refractivity contribution in [1.82, 2.24) is 5.32 Å². The smallest absolute Gasteiger partial charge is 0.336 e. The Morgan fingerprint density at radius 1 is 1.50 bits per heavy atom. The second-order valence-electron chi connectivity index (χ2n) is 5.49. The van der Waals surface area contributed by atoms with Crippen LogP contribution in [0.2, 0.25) is 0 Å². The Hall–Kier alpha value is -0.870. The van der Waals surface area contributed by atoms with Gasteiger partial charge in [0.2, 0.25) is 0 Å². The van der Waals surface area contributed by atoms with Crippen molar-refractivity contribution >= 4 is 17.3 Å². The zero-order valence-corrected chi connectivity index (χ0v) is 11.8. The second-order valence-corrected chi connectivity index (χ2v) is 6.49. The van der Waals surface area contributed by atoms with Gasteiger partial charge in [-0.1, -0.05) is 13.8 Å². The average Bonchev–Trinajstić information content (AvgIpc) is 2.76. The SMILES string of the molecule is CC1CCC(NCc2cc(C(=O)O)cs2)C(C)C1. The van der Waals surface area contributed by atoms with Crippen LogP contribution in [0.3, 0.4) is 0 Å². The molecule has 0 radical (unpaired) electrons. The lowest BCUT2D eigenvalue weighted by atomic mass is 9.80. The minimum absolute atomic E-state index is 0.405. The first kappa shape index (κ1) is 13.6. The number of aromatic carboxylic acids is 1. The van der Waals surface area contributed by atoms with Crippen LogP contribution in [0.4, 0.5) is 0 Å². The standard InChI is InChI=1S/C14H21NO2S/c1-9-3-4-13(10(2)5-9)15-7-12-6-11(8-18-12)14(16)17/h6,8-10,13,15H,3-5,7H2,1-2H3,(H,16,17). The largest absolute Gasteiger partial charge is 0.478 e. The van der Waals surface area contributed by atoms with Crippen LogP contribution in [-0.4, -0.2) is 17.1 Å². The van der Waals surface area contributed by atoms with Gasteiger partial charge in [-0.2, -0.15) is 0 Å². The molecule has 1 aliphatic carbocycles. The van der Waals surface area contributed by atoms with Gasteiger partial charge in [0.25, 0.3) is 0 Å². The van der Waals surface area contributed by atoms with Gasteiger partial charge < -0.3 is 10.4 Å². The molecule has 0 bridgehead atoms. The summed E-state index contributed by atoms with van der Waals surface area (Å²) in [7, 11) is 0. The molecule has 1 heterocycles. The predicted molar refractivity (Wildman–Crippen MR) is 74.1 cm³/mol. The van der Waals surface area contributed by atoms with E-state index in [9.17, 15) is 4.79 Å². The number of hydrogen-bond donors (Lipinski definition) is 2. The molecule has 0 saturated heterocycles. The van der Waals surface area contributed by atoms with Crippen molar-refractivity contribution in [2.24, 2.45) is 11.8 Å². The molecular weight excluding hydrogens is 246 g/mol. The molecule has 3 atom stereocenters. The van der Waals surface area contributed by atoms with Gasteiger partial charge in [-0.15, -0.1) is 11.3 Å². The van der Waals surface area contributed by atoms with Gasteiger partial charge in [-0.3, -0.25) is 0 Å². The monoisotopic (exact) mass is 267 g/mol. The van der Waals surface area contributed by atoms with Crippen LogP contribution < -0.4 is 5.32 Å². The number of carbonyl (C=O) groups is 1. The minimum Gasteiger partial charge on any atom is -0.478 e. The summed E-state index contributed by atoms with van der Waals surface area (Å²) in [6.07, 6.45) is 3.83. The maximum atomic E-state index is 10.8. The second kappa shape index (κ2) is 5.85. The highest BCUT2D eigenvalue weighted by Gasteiger charge is 2.24. The Morgan fingerprint density at radius 3 is 2.89 bits per heavy atom. The lowest BCUT2D eigenvalue weighted by molar-refractivity contribution is 0.0697. The molecule has 0 spiro atoms. The summed E-state index contributed by atoms with van der Waals surface area (Å²) in [5, 5.41) is 14.2. The van der Waals surface area contributed by atoms with Crippen LogP contribution in [0.5, 0.6) is 0 Å². The Bertz CT molecular complexity index is 416. The lowest BCUT2D eigenvalue weighted by Gasteiger charge is -2.33. The number of carboxylic acids is 1. The molecule has 3 nitrogen and oxygen atoms in total. The first-order valence-corrected chi connectivity index (χ1v) is 7.48. The molecule has 18 heavy (non-hydrogen) atoms. The Kier molecular flexibility index (Phi) is 4.40. The van der Waals surface area contributed by atoms with Crippen LogP contribution in [0.1, 0.15) is 48.3 Å². The molecule has 1 saturated carbocycles. The summed E-state index contributed by atoms with van der Waals surface area (Å²) in [6.45, 7) is 5.43. The maximum absolute atomic E-state index is 10.8. The third-order valence-electron chi connectivity index (χ3n) is 3.87. The topological polar surface area (TPSA) is 49.3 Å². The molecule has 100 valence electrons. The van der Waals surface area contributed by atoms with Crippen LogP contribution in [-0.2, 0) is 6.54 Å². The average molecular weight is 267 g/mol. The van der Waals surface area contributed by atoms with E-state index in [1.807, 2.05) is 0 Å². The summed E-state index contributed by atoms with van der Waals surface area (Å²) < 4.78 is 0. The molecular formula is C14H21NO2S. The quantitative estimate of drug-likeness (QED) is 0.879. The minimum atomic E-state index is -0.836. The Labute approximate surface area is 112 Å². The van der Waals surface area contributed by atoms with E-state index in [0.29, 0.717) is 17.5 Å². The summed E-state index contributed by atoms with van der Waals surface area (Å²) >= 11 is 1.52. The van der Waals surface area contributed by atoms with Gasteiger partial charge in [0.1, 0.15) is 0 Å². The zero-order chi connectivity index (χ0) is 13.1. The molecule has 1 aliphatic rings. The molecule has 3 unspecified atom stereocenters. The highest BCUT2D eigenvalue weighted by atomic mass is 32.1. The number of hydrogen-bond acceptors (Lipinski definition) is 3. The molecule has 0 amide bonds. The van der Waals surface area contributed by atoms with Gasteiger partial charge in [0, 0.05) is 22.8 Å². The molecule has 0 aromatic carbocycles. The van der Waals surface area contributed by atoms with Gasteiger partial charge in [-0.25, -0.2) is 4.79 Å². The molecule has 4 heteroatoms. The highest BCUT2D eigenvalue weighted by molar-refractivity contribution is 7.10. The van der Waals surface area contributed by atoms with Crippen molar-refractivity contribution in [3.8, 4) is 0 Å². The fourth-order valence-corrected chi connectivity index (χ4v) is 3.59. The van der Waals surface area contributed by atoms with E-state index in [1.54, 1.807) is 11.4 Å².